The minimum Gasteiger partial charge on any atom is -0.315 e. The van der Waals surface area contributed by atoms with Crippen molar-refractivity contribution >= 4 is 25.3 Å². The summed E-state index contributed by atoms with van der Waals surface area (Å²) in [5, 5.41) is 0. The smallest absolute Gasteiger partial charge is 0.241 e. The fourth-order valence-electron chi connectivity index (χ4n) is 1.34. The van der Waals surface area contributed by atoms with Crippen molar-refractivity contribution in [1.82, 2.24) is 0 Å². The maximum atomic E-state index is 4.99. The Morgan fingerprint density at radius 1 is 1.46 bits per heavy atom. The van der Waals surface area contributed by atoms with Crippen LogP contribution in [0.3, 0.4) is 0 Å². The third kappa shape index (κ3) is 3.04. The van der Waals surface area contributed by atoms with Crippen molar-refractivity contribution in [2.45, 2.75) is 32.8 Å². The molecule has 0 saturated carbocycles. The second kappa shape index (κ2) is 5.29. The van der Waals surface area contributed by atoms with E-state index in [1.165, 1.54) is 0 Å². The van der Waals surface area contributed by atoms with E-state index in [2.05, 4.69) is 29.8 Å². The lowest BCUT2D eigenvalue weighted by molar-refractivity contribution is 0.176. The largest absolute Gasteiger partial charge is 0.315 e. The first kappa shape index (κ1) is 10.6. The van der Waals surface area contributed by atoms with Crippen molar-refractivity contribution in [2.75, 3.05) is 0 Å². The summed E-state index contributed by atoms with van der Waals surface area (Å²) in [5.74, 6) is 0.444. The zero-order valence-corrected chi connectivity index (χ0v) is 8.87. The molecule has 0 N–H and O–H groups in total. The third-order valence-electron chi connectivity index (χ3n) is 2.31. The topological polar surface area (TPSA) is 34.0 Å². The van der Waals surface area contributed by atoms with Crippen LogP contribution in [0, 0.1) is 12.1 Å². The summed E-state index contributed by atoms with van der Waals surface area (Å²) in [6, 6.07) is 0. The number of nitrogens with zero attached hydrogens (tertiary/aromatic N) is 2. The summed E-state index contributed by atoms with van der Waals surface area (Å²) >= 11 is 3.82. The van der Waals surface area contributed by atoms with Crippen LogP contribution in [-0.4, -0.2) is 18.5 Å². The van der Waals surface area contributed by atoms with E-state index in [-0.39, 0.29) is 6.10 Å². The van der Waals surface area contributed by atoms with Crippen molar-refractivity contribution in [3.8, 4) is 0 Å². The Balaban J connectivity index is 2.39. The Kier molecular flexibility index (Phi) is 4.32. The zero-order valence-electron chi connectivity index (χ0n) is 7.97. The van der Waals surface area contributed by atoms with Gasteiger partial charge < -0.3 is 4.18 Å². The summed E-state index contributed by atoms with van der Waals surface area (Å²) < 4.78 is 4.99. The number of hydrogen-bond donors (Lipinski definition) is 1. The Morgan fingerprint density at radius 3 is 2.54 bits per heavy atom. The van der Waals surface area contributed by atoms with Gasteiger partial charge in [0.2, 0.25) is 6.17 Å². The Hall–Kier alpha value is -0.480. The molecule has 2 atom stereocenters. The van der Waals surface area contributed by atoms with E-state index in [9.17, 15) is 0 Å². The molecule has 72 valence electrons. The summed E-state index contributed by atoms with van der Waals surface area (Å²) in [5.41, 5.74) is 0. The van der Waals surface area contributed by atoms with E-state index in [1.54, 1.807) is 12.4 Å². The first-order chi connectivity index (χ1) is 6.27. The van der Waals surface area contributed by atoms with Crippen molar-refractivity contribution in [3.05, 3.63) is 6.17 Å². The predicted molar refractivity (Wildman–Crippen MR) is 58.2 cm³/mol. The molecule has 0 aromatic carbocycles. The van der Waals surface area contributed by atoms with Gasteiger partial charge in [0.15, 0.2) is 12.4 Å². The second-order valence-electron chi connectivity index (χ2n) is 3.16. The lowest BCUT2D eigenvalue weighted by Gasteiger charge is -2.18. The molecule has 1 rings (SSSR count). The fraction of sp³-hybridized carbons (Fsp3) is 0.667. The van der Waals surface area contributed by atoms with Crippen LogP contribution in [0.15, 0.2) is 9.98 Å². The highest BCUT2D eigenvalue weighted by Gasteiger charge is 2.25. The van der Waals surface area contributed by atoms with Gasteiger partial charge in [-0.3, -0.25) is 0 Å². The van der Waals surface area contributed by atoms with Gasteiger partial charge in [-0.25, -0.2) is 0 Å². The van der Waals surface area contributed by atoms with E-state index < -0.39 is 0 Å². The quantitative estimate of drug-likeness (QED) is 0.411. The van der Waals surface area contributed by atoms with Crippen LogP contribution < -0.4 is 0 Å². The van der Waals surface area contributed by atoms with E-state index >= 15 is 0 Å². The number of hydrogen-bond acceptors (Lipinski definition) is 4. The van der Waals surface area contributed by atoms with Gasteiger partial charge in [0.1, 0.15) is 0 Å². The van der Waals surface area contributed by atoms with Crippen LogP contribution in [0.25, 0.3) is 0 Å². The van der Waals surface area contributed by atoms with E-state index in [0.29, 0.717) is 5.92 Å². The van der Waals surface area contributed by atoms with Gasteiger partial charge in [-0.15, -0.1) is 0 Å². The monoisotopic (exact) mass is 199 g/mol. The maximum Gasteiger partial charge on any atom is 0.241 e. The van der Waals surface area contributed by atoms with Crippen LogP contribution in [0.4, 0.5) is 0 Å². The average Bonchev–Trinajstić information content (AvgIpc) is 2.65. The summed E-state index contributed by atoms with van der Waals surface area (Å²) in [4.78, 5) is 8.26. The normalized spacial score (nSPS) is 19.5. The van der Waals surface area contributed by atoms with Crippen molar-refractivity contribution in [3.63, 3.8) is 0 Å². The van der Waals surface area contributed by atoms with Gasteiger partial charge in [0.05, 0.1) is 12.5 Å². The number of rotatable bonds is 5. The first-order valence-electron chi connectivity index (χ1n) is 4.50. The predicted octanol–water partition coefficient (Wildman–Crippen LogP) is 2.30. The van der Waals surface area contributed by atoms with Gasteiger partial charge in [-0.05, 0) is 26.3 Å². The molecule has 1 aliphatic heterocycles. The SMILES string of the molecule is CCC(C[C+]1N=CC=N1)C(C)OS. The molecule has 0 aromatic rings. The zero-order chi connectivity index (χ0) is 9.68. The molecule has 3 nitrogen and oxygen atoms in total. The fourth-order valence-corrected chi connectivity index (χ4v) is 1.51. The molecular weight excluding hydrogens is 184 g/mol. The maximum absolute atomic E-state index is 4.99. The lowest BCUT2D eigenvalue weighted by atomic mass is 9.95. The van der Waals surface area contributed by atoms with Gasteiger partial charge in [0, 0.05) is 5.92 Å². The molecule has 4 heteroatoms. The van der Waals surface area contributed by atoms with Gasteiger partial charge in [-0.1, -0.05) is 16.9 Å². The lowest BCUT2D eigenvalue weighted by Crippen LogP contribution is -2.18. The average molecular weight is 199 g/mol. The Labute approximate surface area is 84.9 Å². The molecule has 0 fully saturated rings. The molecule has 13 heavy (non-hydrogen) atoms. The highest BCUT2D eigenvalue weighted by atomic mass is 32.1. The second-order valence-corrected chi connectivity index (χ2v) is 3.37. The molecule has 0 bridgehead atoms. The van der Waals surface area contributed by atoms with Crippen LogP contribution in [-0.2, 0) is 4.18 Å². The standard InChI is InChI=1S/C9H14N2OS/c1-3-8(7(2)12-13)6-9-10-4-5-11-9/h4-5,7-8H,3,6H2,1-2H3/p+1. The van der Waals surface area contributed by atoms with Gasteiger partial charge in [-0.2, -0.15) is 0 Å². The minimum absolute atomic E-state index is 0.145. The van der Waals surface area contributed by atoms with Crippen molar-refractivity contribution in [1.29, 1.82) is 0 Å². The first-order valence-corrected chi connectivity index (χ1v) is 4.87. The molecule has 1 heterocycles. The highest BCUT2D eigenvalue weighted by molar-refractivity contribution is 7.75. The van der Waals surface area contributed by atoms with E-state index in [1.807, 2.05) is 6.92 Å². The Bertz CT molecular complexity index is 194. The summed E-state index contributed by atoms with van der Waals surface area (Å²) in [7, 11) is 0. The van der Waals surface area contributed by atoms with Crippen molar-refractivity contribution < 1.29 is 4.18 Å². The van der Waals surface area contributed by atoms with Crippen LogP contribution in [0.5, 0.6) is 0 Å². The number of aliphatic imine (C=N–C) groups is 2. The van der Waals surface area contributed by atoms with E-state index in [4.69, 9.17) is 4.18 Å². The number of thiol groups is 1. The van der Waals surface area contributed by atoms with Gasteiger partial charge >= 0.3 is 0 Å². The highest BCUT2D eigenvalue weighted by Crippen LogP contribution is 2.25. The molecule has 0 aromatic heterocycles. The Morgan fingerprint density at radius 2 is 2.08 bits per heavy atom. The van der Waals surface area contributed by atoms with Crippen LogP contribution in [0.1, 0.15) is 26.7 Å². The molecule has 0 aliphatic carbocycles. The van der Waals surface area contributed by atoms with Gasteiger partial charge in [0.25, 0.3) is 0 Å². The molecule has 0 amide bonds. The molecular formula is C9H15N2OS+. The molecule has 1 aliphatic rings. The van der Waals surface area contributed by atoms with E-state index in [0.717, 1.165) is 19.0 Å². The van der Waals surface area contributed by atoms with Crippen LogP contribution >= 0.6 is 12.9 Å². The molecule has 0 spiro atoms. The van der Waals surface area contributed by atoms with Crippen LogP contribution in [0.2, 0.25) is 0 Å². The summed E-state index contributed by atoms with van der Waals surface area (Å²) in [6.45, 7) is 4.15. The molecule has 0 saturated heterocycles. The van der Waals surface area contributed by atoms with Crippen molar-refractivity contribution in [2.24, 2.45) is 15.9 Å². The summed E-state index contributed by atoms with van der Waals surface area (Å²) in [6.07, 6.45) is 6.39. The molecule has 0 radical (unpaired) electrons. The minimum atomic E-state index is 0.145. The molecule has 2 unspecified atom stereocenters. The third-order valence-corrected chi connectivity index (χ3v) is 2.65.